The van der Waals surface area contributed by atoms with Crippen molar-refractivity contribution < 1.29 is 28.6 Å². The molecule has 8 heteroatoms. The highest BCUT2D eigenvalue weighted by molar-refractivity contribution is 6.31. The molecule has 0 spiro atoms. The van der Waals surface area contributed by atoms with Gasteiger partial charge in [0.25, 0.3) is 5.91 Å². The minimum absolute atomic E-state index is 0.00904. The third-order valence-electron chi connectivity index (χ3n) is 4.10. The topological polar surface area (TPSA) is 84.9 Å². The number of carboxylic acid groups (broad SMARTS) is 1. The Labute approximate surface area is 159 Å². The normalized spacial score (nSPS) is 16.1. The Bertz CT molecular complexity index is 867. The molecule has 1 unspecified atom stereocenters. The summed E-state index contributed by atoms with van der Waals surface area (Å²) in [7, 11) is 0. The molecule has 1 atom stereocenters. The Hall–Kier alpha value is -2.64. The molecular weight excluding hydrogens is 377 g/mol. The first-order chi connectivity index (χ1) is 12.9. The Kier molecular flexibility index (Phi) is 5.93. The standard InChI is InChI=1S/C19H17ClFNO5/c20-12-4-6-17(27-10-13-2-1-7-26-13)16(9-12)22-18(23)14-5-3-11(19(24)25)8-15(14)21/h3-6,8-9,13H,1-2,7,10H2,(H,22,23)(H,24,25). The van der Waals surface area contributed by atoms with Crippen LogP contribution in [-0.2, 0) is 4.74 Å². The number of hydrogen-bond acceptors (Lipinski definition) is 4. The number of anilines is 1. The van der Waals surface area contributed by atoms with Gasteiger partial charge in [-0.15, -0.1) is 0 Å². The number of carbonyl (C=O) groups excluding carboxylic acids is 1. The van der Waals surface area contributed by atoms with E-state index in [2.05, 4.69) is 5.32 Å². The molecule has 0 aromatic heterocycles. The molecule has 3 rings (SSSR count). The van der Waals surface area contributed by atoms with E-state index in [1.54, 1.807) is 12.1 Å². The molecule has 2 aromatic rings. The third kappa shape index (κ3) is 4.75. The van der Waals surface area contributed by atoms with Crippen molar-refractivity contribution in [1.29, 1.82) is 0 Å². The van der Waals surface area contributed by atoms with Crippen LogP contribution in [0.3, 0.4) is 0 Å². The van der Waals surface area contributed by atoms with E-state index in [1.807, 2.05) is 0 Å². The maximum Gasteiger partial charge on any atom is 0.335 e. The van der Waals surface area contributed by atoms with Gasteiger partial charge in [-0.05, 0) is 49.2 Å². The van der Waals surface area contributed by atoms with Gasteiger partial charge in [0.2, 0.25) is 0 Å². The van der Waals surface area contributed by atoms with Gasteiger partial charge in [-0.3, -0.25) is 4.79 Å². The van der Waals surface area contributed by atoms with E-state index < -0.39 is 17.7 Å². The first kappa shape index (κ1) is 19.1. The van der Waals surface area contributed by atoms with Crippen molar-refractivity contribution in [1.82, 2.24) is 0 Å². The van der Waals surface area contributed by atoms with Gasteiger partial charge in [0.15, 0.2) is 0 Å². The van der Waals surface area contributed by atoms with Crippen LogP contribution in [0.4, 0.5) is 10.1 Å². The number of halogens is 2. The van der Waals surface area contributed by atoms with Crippen LogP contribution >= 0.6 is 11.6 Å². The molecule has 1 fully saturated rings. The highest BCUT2D eigenvalue weighted by Gasteiger charge is 2.19. The van der Waals surface area contributed by atoms with Crippen molar-refractivity contribution in [3.63, 3.8) is 0 Å². The number of hydrogen-bond donors (Lipinski definition) is 2. The van der Waals surface area contributed by atoms with Crippen LogP contribution < -0.4 is 10.1 Å². The fraction of sp³-hybridized carbons (Fsp3) is 0.263. The van der Waals surface area contributed by atoms with Gasteiger partial charge < -0.3 is 19.9 Å². The predicted molar refractivity (Wildman–Crippen MR) is 97.2 cm³/mol. The lowest BCUT2D eigenvalue weighted by Gasteiger charge is -2.16. The smallest absolute Gasteiger partial charge is 0.335 e. The number of rotatable bonds is 6. The van der Waals surface area contributed by atoms with E-state index in [0.717, 1.165) is 31.0 Å². The molecule has 1 aliphatic rings. The van der Waals surface area contributed by atoms with Crippen molar-refractivity contribution in [3.8, 4) is 5.75 Å². The molecule has 27 heavy (non-hydrogen) atoms. The summed E-state index contributed by atoms with van der Waals surface area (Å²) in [6, 6.07) is 7.79. The maximum atomic E-state index is 14.1. The summed E-state index contributed by atoms with van der Waals surface area (Å²) in [6.07, 6.45) is 1.87. The Morgan fingerprint density at radius 3 is 2.78 bits per heavy atom. The highest BCUT2D eigenvalue weighted by Crippen LogP contribution is 2.29. The Morgan fingerprint density at radius 1 is 1.30 bits per heavy atom. The molecule has 0 saturated carbocycles. The van der Waals surface area contributed by atoms with E-state index in [9.17, 15) is 14.0 Å². The number of nitrogens with one attached hydrogen (secondary N) is 1. The zero-order valence-corrected chi connectivity index (χ0v) is 15.0. The van der Waals surface area contributed by atoms with Gasteiger partial charge in [-0.2, -0.15) is 0 Å². The lowest BCUT2D eigenvalue weighted by atomic mass is 10.1. The molecule has 1 heterocycles. The van der Waals surface area contributed by atoms with E-state index in [1.165, 1.54) is 6.07 Å². The van der Waals surface area contributed by atoms with E-state index in [4.69, 9.17) is 26.2 Å². The molecule has 0 aliphatic carbocycles. The van der Waals surface area contributed by atoms with Crippen molar-refractivity contribution in [2.24, 2.45) is 0 Å². The van der Waals surface area contributed by atoms with Gasteiger partial charge in [-0.1, -0.05) is 11.6 Å². The summed E-state index contributed by atoms with van der Waals surface area (Å²) in [6.45, 7) is 1.02. The maximum absolute atomic E-state index is 14.1. The molecule has 2 aromatic carbocycles. The van der Waals surface area contributed by atoms with Crippen LogP contribution in [0.15, 0.2) is 36.4 Å². The first-order valence-electron chi connectivity index (χ1n) is 8.32. The lowest BCUT2D eigenvalue weighted by Crippen LogP contribution is -2.18. The average molecular weight is 394 g/mol. The fourth-order valence-electron chi connectivity index (χ4n) is 2.71. The van der Waals surface area contributed by atoms with E-state index >= 15 is 0 Å². The second-order valence-electron chi connectivity index (χ2n) is 6.04. The molecule has 2 N–H and O–H groups in total. The van der Waals surface area contributed by atoms with Crippen LogP contribution in [0.1, 0.15) is 33.6 Å². The van der Waals surface area contributed by atoms with Crippen LogP contribution in [0.25, 0.3) is 0 Å². The number of carbonyl (C=O) groups is 2. The van der Waals surface area contributed by atoms with Gasteiger partial charge in [0.1, 0.15) is 18.2 Å². The molecule has 6 nitrogen and oxygen atoms in total. The molecule has 142 valence electrons. The quantitative estimate of drug-likeness (QED) is 0.775. The monoisotopic (exact) mass is 393 g/mol. The second-order valence-corrected chi connectivity index (χ2v) is 6.48. The van der Waals surface area contributed by atoms with Crippen molar-refractivity contribution in [3.05, 3.63) is 58.4 Å². The van der Waals surface area contributed by atoms with Gasteiger partial charge in [0.05, 0.1) is 22.9 Å². The lowest BCUT2D eigenvalue weighted by molar-refractivity contribution is 0.0681. The third-order valence-corrected chi connectivity index (χ3v) is 4.33. The molecule has 0 bridgehead atoms. The zero-order valence-electron chi connectivity index (χ0n) is 14.2. The molecule has 0 radical (unpaired) electrons. The second kappa shape index (κ2) is 8.37. The van der Waals surface area contributed by atoms with Crippen molar-refractivity contribution in [2.75, 3.05) is 18.5 Å². The van der Waals surface area contributed by atoms with Crippen LogP contribution in [0, 0.1) is 5.82 Å². The number of aromatic carboxylic acids is 1. The van der Waals surface area contributed by atoms with E-state index in [0.29, 0.717) is 24.0 Å². The first-order valence-corrected chi connectivity index (χ1v) is 8.70. The summed E-state index contributed by atoms with van der Waals surface area (Å²) >= 11 is 5.99. The largest absolute Gasteiger partial charge is 0.489 e. The minimum atomic E-state index is -1.28. The van der Waals surface area contributed by atoms with Gasteiger partial charge in [0, 0.05) is 11.6 Å². The molecule has 1 aliphatic heterocycles. The molecule has 1 saturated heterocycles. The SMILES string of the molecule is O=C(O)c1ccc(C(=O)Nc2cc(Cl)ccc2OCC2CCCO2)c(F)c1. The molecular formula is C19H17ClFNO5. The minimum Gasteiger partial charge on any atom is -0.489 e. The summed E-state index contributed by atoms with van der Waals surface area (Å²) in [5.74, 6) is -2.57. The summed E-state index contributed by atoms with van der Waals surface area (Å²) in [5.41, 5.74) is -0.246. The summed E-state index contributed by atoms with van der Waals surface area (Å²) in [5, 5.41) is 11.8. The van der Waals surface area contributed by atoms with E-state index in [-0.39, 0.29) is 22.9 Å². The fourth-order valence-corrected chi connectivity index (χ4v) is 2.88. The summed E-state index contributed by atoms with van der Waals surface area (Å²) in [4.78, 5) is 23.3. The zero-order chi connectivity index (χ0) is 19.4. The summed E-state index contributed by atoms with van der Waals surface area (Å²) < 4.78 is 25.3. The average Bonchev–Trinajstić information content (AvgIpc) is 3.14. The Morgan fingerprint density at radius 2 is 2.11 bits per heavy atom. The highest BCUT2D eigenvalue weighted by atomic mass is 35.5. The number of ether oxygens (including phenoxy) is 2. The van der Waals surface area contributed by atoms with Crippen LogP contribution in [0.5, 0.6) is 5.75 Å². The number of benzene rings is 2. The number of amides is 1. The van der Waals surface area contributed by atoms with Crippen LogP contribution in [-0.4, -0.2) is 36.3 Å². The molecule has 1 amide bonds. The Balaban J connectivity index is 1.76. The number of carboxylic acids is 1. The van der Waals surface area contributed by atoms with Crippen molar-refractivity contribution in [2.45, 2.75) is 18.9 Å². The van der Waals surface area contributed by atoms with Gasteiger partial charge in [-0.25, -0.2) is 9.18 Å². The van der Waals surface area contributed by atoms with Crippen LogP contribution in [0.2, 0.25) is 5.02 Å². The van der Waals surface area contributed by atoms with Crippen molar-refractivity contribution >= 4 is 29.2 Å². The predicted octanol–water partition coefficient (Wildman–Crippen LogP) is 3.99. The van der Waals surface area contributed by atoms with Gasteiger partial charge >= 0.3 is 5.97 Å².